The Morgan fingerprint density at radius 3 is 2.60 bits per heavy atom. The monoisotopic (exact) mass is 344 g/mol. The first-order valence-corrected chi connectivity index (χ1v) is 7.66. The van der Waals surface area contributed by atoms with Crippen molar-refractivity contribution in [3.8, 4) is 11.5 Å². The maximum absolute atomic E-state index is 12.3. The summed E-state index contributed by atoms with van der Waals surface area (Å²) in [5.41, 5.74) is 1.46. The Morgan fingerprint density at radius 1 is 1.20 bits per heavy atom. The van der Waals surface area contributed by atoms with Gasteiger partial charge in [0.15, 0.2) is 12.4 Å². The van der Waals surface area contributed by atoms with E-state index >= 15 is 0 Å². The van der Waals surface area contributed by atoms with Gasteiger partial charge < -0.3 is 14.4 Å². The number of nitro groups is 1. The van der Waals surface area contributed by atoms with Crippen LogP contribution in [-0.2, 0) is 11.3 Å². The number of carbonyl (C=O) groups is 1. The van der Waals surface area contributed by atoms with Gasteiger partial charge in [0, 0.05) is 25.2 Å². The van der Waals surface area contributed by atoms with Crippen molar-refractivity contribution in [2.75, 3.05) is 20.8 Å². The molecule has 0 fully saturated rings. The number of aryl methyl sites for hydroxylation is 1. The van der Waals surface area contributed by atoms with E-state index in [4.69, 9.17) is 9.47 Å². The number of amides is 1. The lowest BCUT2D eigenvalue weighted by Gasteiger charge is -2.19. The van der Waals surface area contributed by atoms with E-state index in [9.17, 15) is 14.9 Å². The summed E-state index contributed by atoms with van der Waals surface area (Å²) in [6.45, 7) is 1.82. The van der Waals surface area contributed by atoms with Crippen molar-refractivity contribution >= 4 is 11.6 Å². The zero-order valence-electron chi connectivity index (χ0n) is 14.4. The molecule has 0 saturated heterocycles. The molecule has 2 aromatic carbocycles. The van der Waals surface area contributed by atoms with E-state index in [1.807, 2.05) is 24.3 Å². The third-order valence-corrected chi connectivity index (χ3v) is 3.69. The van der Waals surface area contributed by atoms with Crippen LogP contribution < -0.4 is 9.47 Å². The van der Waals surface area contributed by atoms with Gasteiger partial charge >= 0.3 is 5.69 Å². The molecule has 132 valence electrons. The fraction of sp³-hybridized carbons (Fsp3) is 0.278. The van der Waals surface area contributed by atoms with Crippen molar-refractivity contribution in [3.63, 3.8) is 0 Å². The normalized spacial score (nSPS) is 10.2. The molecule has 25 heavy (non-hydrogen) atoms. The molecule has 0 atom stereocenters. The minimum absolute atomic E-state index is 0.0784. The molecule has 0 spiro atoms. The van der Waals surface area contributed by atoms with Crippen LogP contribution in [0.5, 0.6) is 11.5 Å². The summed E-state index contributed by atoms with van der Waals surface area (Å²) in [6.07, 6.45) is 0. The maximum Gasteiger partial charge on any atom is 0.311 e. The predicted molar refractivity (Wildman–Crippen MR) is 92.8 cm³/mol. The second-order valence-electron chi connectivity index (χ2n) is 5.58. The fourth-order valence-electron chi connectivity index (χ4n) is 2.32. The number of para-hydroxylation sites is 1. The Bertz CT molecular complexity index is 776. The summed E-state index contributed by atoms with van der Waals surface area (Å²) in [7, 11) is 3.21. The van der Waals surface area contributed by atoms with Gasteiger partial charge in [0.1, 0.15) is 5.75 Å². The molecule has 0 aliphatic carbocycles. The van der Waals surface area contributed by atoms with Gasteiger partial charge in [-0.1, -0.05) is 24.3 Å². The van der Waals surface area contributed by atoms with Gasteiger partial charge in [0.05, 0.1) is 12.0 Å². The minimum Gasteiger partial charge on any atom is -0.496 e. The number of hydrogen-bond acceptors (Lipinski definition) is 5. The standard InChI is InChI=1S/C18H20N2O5/c1-13-8-9-17(15(10-13)20(22)23)25-12-18(21)19(2)11-14-6-4-5-7-16(14)24-3/h4-10H,11-12H2,1-3H3. The number of hydrogen-bond donors (Lipinski definition) is 0. The molecule has 0 radical (unpaired) electrons. The van der Waals surface area contributed by atoms with Crippen LogP contribution in [0, 0.1) is 17.0 Å². The van der Waals surface area contributed by atoms with Crippen LogP contribution in [0.15, 0.2) is 42.5 Å². The number of ether oxygens (including phenoxy) is 2. The van der Waals surface area contributed by atoms with Gasteiger partial charge in [-0.2, -0.15) is 0 Å². The second-order valence-corrected chi connectivity index (χ2v) is 5.58. The smallest absolute Gasteiger partial charge is 0.311 e. The summed E-state index contributed by atoms with van der Waals surface area (Å²) < 4.78 is 10.6. The number of likely N-dealkylation sites (N-methyl/N-ethyl adjacent to an activating group) is 1. The Balaban J connectivity index is 2.02. The first kappa shape index (κ1) is 18.3. The van der Waals surface area contributed by atoms with Gasteiger partial charge in [0.2, 0.25) is 0 Å². The van der Waals surface area contributed by atoms with E-state index in [0.717, 1.165) is 11.1 Å². The van der Waals surface area contributed by atoms with Gasteiger partial charge in [-0.05, 0) is 24.6 Å². The highest BCUT2D eigenvalue weighted by atomic mass is 16.6. The zero-order chi connectivity index (χ0) is 18.4. The largest absolute Gasteiger partial charge is 0.496 e. The third kappa shape index (κ3) is 4.69. The number of nitrogens with zero attached hydrogens (tertiary/aromatic N) is 2. The van der Waals surface area contributed by atoms with Crippen molar-refractivity contribution in [2.45, 2.75) is 13.5 Å². The average molecular weight is 344 g/mol. The fourth-order valence-corrected chi connectivity index (χ4v) is 2.32. The van der Waals surface area contributed by atoms with Crippen molar-refractivity contribution in [2.24, 2.45) is 0 Å². The zero-order valence-corrected chi connectivity index (χ0v) is 14.4. The molecular weight excluding hydrogens is 324 g/mol. The SMILES string of the molecule is COc1ccccc1CN(C)C(=O)COc1ccc(C)cc1[N+](=O)[O-]. The average Bonchev–Trinajstić information content (AvgIpc) is 2.60. The van der Waals surface area contributed by atoms with E-state index < -0.39 is 4.92 Å². The molecule has 0 aliphatic heterocycles. The highest BCUT2D eigenvalue weighted by Crippen LogP contribution is 2.27. The minimum atomic E-state index is -0.522. The Morgan fingerprint density at radius 2 is 1.92 bits per heavy atom. The van der Waals surface area contributed by atoms with Gasteiger partial charge in [-0.15, -0.1) is 0 Å². The number of nitro benzene ring substituents is 1. The predicted octanol–water partition coefficient (Wildman–Crippen LogP) is 2.95. The second kappa shape index (κ2) is 8.14. The van der Waals surface area contributed by atoms with E-state index in [-0.39, 0.29) is 24.0 Å². The molecule has 7 nitrogen and oxygen atoms in total. The lowest BCUT2D eigenvalue weighted by atomic mass is 10.2. The first-order chi connectivity index (χ1) is 11.9. The highest BCUT2D eigenvalue weighted by Gasteiger charge is 2.18. The third-order valence-electron chi connectivity index (χ3n) is 3.69. The van der Waals surface area contributed by atoms with E-state index in [2.05, 4.69) is 0 Å². The van der Waals surface area contributed by atoms with Crippen molar-refractivity contribution < 1.29 is 19.2 Å². The molecule has 0 bridgehead atoms. The van der Waals surface area contributed by atoms with Crippen LogP contribution >= 0.6 is 0 Å². The molecule has 0 saturated carbocycles. The molecule has 2 aromatic rings. The van der Waals surface area contributed by atoms with Gasteiger partial charge in [-0.25, -0.2) is 0 Å². The summed E-state index contributed by atoms with van der Waals surface area (Å²) in [4.78, 5) is 24.3. The topological polar surface area (TPSA) is 81.9 Å². The summed E-state index contributed by atoms with van der Waals surface area (Å²) in [5.74, 6) is 0.479. The number of carbonyl (C=O) groups excluding carboxylic acids is 1. The van der Waals surface area contributed by atoms with E-state index in [1.165, 1.54) is 17.0 Å². The molecule has 0 aliphatic rings. The van der Waals surface area contributed by atoms with Crippen LogP contribution in [0.3, 0.4) is 0 Å². The molecule has 1 amide bonds. The first-order valence-electron chi connectivity index (χ1n) is 7.66. The van der Waals surface area contributed by atoms with Crippen LogP contribution in [0.2, 0.25) is 0 Å². The molecule has 7 heteroatoms. The Hall–Kier alpha value is -3.09. The Labute approximate surface area is 145 Å². The summed E-state index contributed by atoms with van der Waals surface area (Å²) in [6, 6.07) is 12.0. The van der Waals surface area contributed by atoms with Crippen molar-refractivity contribution in [1.82, 2.24) is 4.90 Å². The van der Waals surface area contributed by atoms with Crippen LogP contribution in [-0.4, -0.2) is 36.5 Å². The number of methoxy groups -OCH3 is 1. The van der Waals surface area contributed by atoms with Gasteiger partial charge in [-0.3, -0.25) is 14.9 Å². The van der Waals surface area contributed by atoms with Crippen LogP contribution in [0.4, 0.5) is 5.69 Å². The maximum atomic E-state index is 12.3. The lowest BCUT2D eigenvalue weighted by molar-refractivity contribution is -0.385. The van der Waals surface area contributed by atoms with Crippen molar-refractivity contribution in [3.05, 3.63) is 63.7 Å². The van der Waals surface area contributed by atoms with Gasteiger partial charge in [0.25, 0.3) is 5.91 Å². The molecule has 0 N–H and O–H groups in total. The molecule has 0 aromatic heterocycles. The quantitative estimate of drug-likeness (QED) is 0.570. The summed E-state index contributed by atoms with van der Waals surface area (Å²) in [5, 5.41) is 11.1. The van der Waals surface area contributed by atoms with E-state index in [0.29, 0.717) is 12.3 Å². The molecule has 2 rings (SSSR count). The lowest BCUT2D eigenvalue weighted by Crippen LogP contribution is -2.31. The Kier molecular flexibility index (Phi) is 5.94. The summed E-state index contributed by atoms with van der Waals surface area (Å²) >= 11 is 0. The van der Waals surface area contributed by atoms with Crippen molar-refractivity contribution in [1.29, 1.82) is 0 Å². The van der Waals surface area contributed by atoms with Crippen LogP contribution in [0.1, 0.15) is 11.1 Å². The van der Waals surface area contributed by atoms with E-state index in [1.54, 1.807) is 27.1 Å². The number of benzene rings is 2. The number of rotatable bonds is 7. The molecule has 0 unspecified atom stereocenters. The highest BCUT2D eigenvalue weighted by molar-refractivity contribution is 5.77. The molecule has 0 heterocycles. The molecular formula is C18H20N2O5. The van der Waals surface area contributed by atoms with Crippen LogP contribution in [0.25, 0.3) is 0 Å².